The number of nitrogens with two attached hydrogens (primary N) is 2. The maximum absolute atomic E-state index is 14.1. The molecule has 0 saturated heterocycles. The molecule has 5 aromatic rings. The molecule has 8 N–H and O–H groups in total. The number of carbonyl (C=O) groups excluding carboxylic acids is 2. The Morgan fingerprint density at radius 1 is 0.627 bits per heavy atom. The van der Waals surface area contributed by atoms with Crippen LogP contribution in [-0.2, 0) is 51.3 Å². The highest BCUT2D eigenvalue weighted by molar-refractivity contribution is 7.88. The number of sulfonamides is 1. The summed E-state index contributed by atoms with van der Waals surface area (Å²) in [4.78, 5) is 27.8. The molecule has 0 radical (unpaired) electrons. The van der Waals surface area contributed by atoms with E-state index in [0.29, 0.717) is 17.7 Å². The zero-order chi connectivity index (χ0) is 36.2. The highest BCUT2D eigenvalue weighted by atomic mass is 32.2. The summed E-state index contributed by atoms with van der Waals surface area (Å²) in [6.07, 6.45) is 0.193. The van der Waals surface area contributed by atoms with Crippen molar-refractivity contribution < 1.29 is 18.0 Å². The van der Waals surface area contributed by atoms with Crippen molar-refractivity contribution in [3.05, 3.63) is 167 Å². The lowest BCUT2D eigenvalue weighted by molar-refractivity contribution is -0.129. The van der Waals surface area contributed by atoms with Crippen molar-refractivity contribution in [1.82, 2.24) is 15.4 Å². The number of hydrogen-bond acceptors (Lipinski definition) is 6. The Labute approximate surface area is 298 Å². The first-order valence-electron chi connectivity index (χ1n) is 16.6. The van der Waals surface area contributed by atoms with Crippen molar-refractivity contribution in [3.63, 3.8) is 0 Å². The number of nitrogen functional groups attached to an aromatic ring is 1. The van der Waals surface area contributed by atoms with Crippen LogP contribution in [0, 0.1) is 5.41 Å². The van der Waals surface area contributed by atoms with E-state index in [0.717, 1.165) is 33.4 Å². The van der Waals surface area contributed by atoms with E-state index in [2.05, 4.69) is 15.4 Å². The molecule has 0 aliphatic heterocycles. The molecule has 0 bridgehead atoms. The molecule has 262 valence electrons. The fraction of sp³-hybridized carbons (Fsp3) is 0.175. The van der Waals surface area contributed by atoms with Gasteiger partial charge in [-0.25, -0.2) is 13.1 Å². The van der Waals surface area contributed by atoms with Gasteiger partial charge in [0.2, 0.25) is 21.8 Å². The summed E-state index contributed by atoms with van der Waals surface area (Å²) >= 11 is 0. The molecule has 5 rings (SSSR count). The predicted molar refractivity (Wildman–Crippen MR) is 201 cm³/mol. The molecule has 51 heavy (non-hydrogen) atoms. The van der Waals surface area contributed by atoms with Crippen LogP contribution in [0.15, 0.2) is 133 Å². The molecule has 0 heterocycles. The average Bonchev–Trinajstić information content (AvgIpc) is 3.14. The topological polar surface area (TPSA) is 180 Å². The quantitative estimate of drug-likeness (QED) is 0.0663. The largest absolute Gasteiger partial charge is 0.384 e. The molecule has 5 aromatic carbocycles. The van der Waals surface area contributed by atoms with Crippen molar-refractivity contribution in [3.8, 4) is 11.1 Å². The maximum atomic E-state index is 14.1. The minimum absolute atomic E-state index is 0.0500. The molecule has 0 spiro atoms. The molecule has 0 fully saturated rings. The summed E-state index contributed by atoms with van der Waals surface area (Å²) < 4.78 is 29.5. The van der Waals surface area contributed by atoms with E-state index in [1.165, 1.54) is 0 Å². The normalized spacial score (nSPS) is 12.4. The minimum Gasteiger partial charge on any atom is -0.384 e. The number of amides is 2. The summed E-state index contributed by atoms with van der Waals surface area (Å²) in [5.41, 5.74) is 17.7. The molecular formula is C40H42N6O4S. The standard InChI is InChI=1S/C40H42N6O4S/c41-25-32-11-7-10-31(22-32)24-36(39(47)44-26-29-16-20-35(21-17-29)38(42)43)45-40(48)37(46-51(49,50)27-30-8-3-1-4-9-30)23-28-14-18-34(19-15-28)33-12-5-2-6-13-33/h1-22,36-37,46H,23-27,41H2,(H3,42,43)(H,44,47)(H,45,48). The van der Waals surface area contributed by atoms with E-state index in [1.807, 2.05) is 78.9 Å². The van der Waals surface area contributed by atoms with Gasteiger partial charge >= 0.3 is 0 Å². The lowest BCUT2D eigenvalue weighted by atomic mass is 9.99. The second-order valence-electron chi connectivity index (χ2n) is 12.3. The van der Waals surface area contributed by atoms with Gasteiger partial charge in [0.05, 0.1) is 5.75 Å². The van der Waals surface area contributed by atoms with Gasteiger partial charge in [-0.15, -0.1) is 0 Å². The van der Waals surface area contributed by atoms with Gasteiger partial charge in [0, 0.05) is 25.1 Å². The summed E-state index contributed by atoms with van der Waals surface area (Å²) in [6, 6.07) is 38.3. The number of hydrogen-bond donors (Lipinski definition) is 6. The average molecular weight is 703 g/mol. The fourth-order valence-electron chi connectivity index (χ4n) is 5.65. The highest BCUT2D eigenvalue weighted by Crippen LogP contribution is 2.20. The Morgan fingerprint density at radius 2 is 1.20 bits per heavy atom. The number of rotatable bonds is 16. The SMILES string of the molecule is N=C(N)c1ccc(CNC(=O)C(Cc2cccc(CN)c2)NC(=O)C(Cc2ccc(-c3ccccc3)cc2)NS(=O)(=O)Cc2ccccc2)cc1. The Bertz CT molecular complexity index is 2040. The van der Waals surface area contributed by atoms with Gasteiger partial charge in [-0.2, -0.15) is 0 Å². The summed E-state index contributed by atoms with van der Waals surface area (Å²) in [7, 11) is -3.98. The molecule has 2 atom stereocenters. The second-order valence-corrected chi connectivity index (χ2v) is 14.1. The second kappa shape index (κ2) is 17.3. The number of carbonyl (C=O) groups is 2. The van der Waals surface area contributed by atoms with Crippen LogP contribution in [0.2, 0.25) is 0 Å². The lowest BCUT2D eigenvalue weighted by Crippen LogP contribution is -2.55. The Balaban J connectivity index is 1.39. The molecule has 2 unspecified atom stereocenters. The summed E-state index contributed by atoms with van der Waals surface area (Å²) in [6.45, 7) is 0.467. The molecular weight excluding hydrogens is 661 g/mol. The van der Waals surface area contributed by atoms with E-state index >= 15 is 0 Å². The van der Waals surface area contributed by atoms with Crippen molar-refractivity contribution in [2.75, 3.05) is 0 Å². The molecule has 0 aromatic heterocycles. The van der Waals surface area contributed by atoms with Crippen molar-refractivity contribution in [1.29, 1.82) is 5.41 Å². The Hall–Kier alpha value is -5.62. The van der Waals surface area contributed by atoms with Crippen LogP contribution in [0.5, 0.6) is 0 Å². The van der Waals surface area contributed by atoms with Crippen LogP contribution in [0.4, 0.5) is 0 Å². The minimum atomic E-state index is -3.98. The third kappa shape index (κ3) is 10.9. The number of amidine groups is 1. The van der Waals surface area contributed by atoms with Crippen LogP contribution in [0.1, 0.15) is 33.4 Å². The zero-order valence-corrected chi connectivity index (χ0v) is 28.9. The molecule has 2 amide bonds. The number of nitrogens with one attached hydrogen (secondary N) is 4. The lowest BCUT2D eigenvalue weighted by Gasteiger charge is -2.24. The fourth-order valence-corrected chi connectivity index (χ4v) is 6.99. The van der Waals surface area contributed by atoms with Gasteiger partial charge in [0.25, 0.3) is 0 Å². The molecule has 0 aliphatic rings. The van der Waals surface area contributed by atoms with Gasteiger partial charge in [-0.1, -0.05) is 133 Å². The van der Waals surface area contributed by atoms with E-state index in [-0.39, 0.29) is 31.0 Å². The van der Waals surface area contributed by atoms with E-state index in [4.69, 9.17) is 16.9 Å². The number of benzene rings is 5. The predicted octanol–water partition coefficient (Wildman–Crippen LogP) is 4.17. The van der Waals surface area contributed by atoms with Crippen molar-refractivity contribution >= 4 is 27.7 Å². The first-order chi connectivity index (χ1) is 24.6. The first-order valence-corrected chi connectivity index (χ1v) is 18.2. The molecule has 0 aliphatic carbocycles. The van der Waals surface area contributed by atoms with Crippen LogP contribution < -0.4 is 26.8 Å². The van der Waals surface area contributed by atoms with Crippen LogP contribution >= 0.6 is 0 Å². The molecule has 11 heteroatoms. The molecule has 0 saturated carbocycles. The molecule has 10 nitrogen and oxygen atoms in total. The van der Waals surface area contributed by atoms with E-state index in [9.17, 15) is 18.0 Å². The third-order valence-electron chi connectivity index (χ3n) is 8.37. The first kappa shape index (κ1) is 36.7. The van der Waals surface area contributed by atoms with Crippen LogP contribution in [0.3, 0.4) is 0 Å². The van der Waals surface area contributed by atoms with Gasteiger partial charge in [0.15, 0.2) is 0 Å². The summed E-state index contributed by atoms with van der Waals surface area (Å²) in [5.74, 6) is -1.47. The summed E-state index contributed by atoms with van der Waals surface area (Å²) in [5, 5.41) is 13.4. The third-order valence-corrected chi connectivity index (χ3v) is 9.73. The smallest absolute Gasteiger partial charge is 0.243 e. The van der Waals surface area contributed by atoms with Crippen molar-refractivity contribution in [2.24, 2.45) is 11.5 Å². The van der Waals surface area contributed by atoms with E-state index in [1.54, 1.807) is 54.6 Å². The van der Waals surface area contributed by atoms with Crippen molar-refractivity contribution in [2.45, 2.75) is 43.8 Å². The van der Waals surface area contributed by atoms with Gasteiger partial charge in [0.1, 0.15) is 17.9 Å². The maximum Gasteiger partial charge on any atom is 0.243 e. The van der Waals surface area contributed by atoms with E-state index < -0.39 is 33.9 Å². The van der Waals surface area contributed by atoms with Gasteiger partial charge in [-0.3, -0.25) is 15.0 Å². The van der Waals surface area contributed by atoms with Crippen LogP contribution in [-0.4, -0.2) is 38.2 Å². The highest BCUT2D eigenvalue weighted by Gasteiger charge is 2.29. The van der Waals surface area contributed by atoms with Gasteiger partial charge in [-0.05, 0) is 45.4 Å². The Morgan fingerprint density at radius 3 is 1.84 bits per heavy atom. The Kier molecular flexibility index (Phi) is 12.5. The van der Waals surface area contributed by atoms with Crippen LogP contribution in [0.25, 0.3) is 11.1 Å². The monoisotopic (exact) mass is 702 g/mol. The van der Waals surface area contributed by atoms with Gasteiger partial charge < -0.3 is 22.1 Å². The zero-order valence-electron chi connectivity index (χ0n) is 28.1.